The summed E-state index contributed by atoms with van der Waals surface area (Å²) in [5.74, 6) is -0.133. The Labute approximate surface area is 234 Å². The number of nitrogens with one attached hydrogen (secondary N) is 1. The summed E-state index contributed by atoms with van der Waals surface area (Å²) in [6.45, 7) is 1.64. The largest absolute Gasteiger partial charge is 0.481 e. The second kappa shape index (κ2) is 11.9. The smallest absolute Gasteiger partial charge is 0.355 e. The summed E-state index contributed by atoms with van der Waals surface area (Å²) in [6.07, 6.45) is 0.627. The number of hydrogen-bond donors (Lipinski definition) is 1. The fraction of sp³-hybridized carbons (Fsp3) is 0.0645. The van der Waals surface area contributed by atoms with Crippen LogP contribution in [0.1, 0.15) is 22.2 Å². The number of benzene rings is 4. The van der Waals surface area contributed by atoms with Crippen molar-refractivity contribution in [2.75, 3.05) is 0 Å². The molecule has 1 atom stereocenters. The van der Waals surface area contributed by atoms with Gasteiger partial charge in [-0.15, -0.1) is 11.3 Å². The summed E-state index contributed by atoms with van der Waals surface area (Å²) >= 11 is 7.69. The van der Waals surface area contributed by atoms with E-state index in [1.807, 2.05) is 78.9 Å². The Morgan fingerprint density at radius 3 is 2.31 bits per heavy atom. The Hall–Kier alpha value is -4.46. The fourth-order valence-electron chi connectivity index (χ4n) is 3.84. The van der Waals surface area contributed by atoms with Crippen LogP contribution in [-0.4, -0.2) is 24.2 Å². The zero-order valence-electron chi connectivity index (χ0n) is 20.8. The fourth-order valence-corrected chi connectivity index (χ4v) is 5.23. The molecule has 5 aromatic rings. The lowest BCUT2D eigenvalue weighted by Crippen LogP contribution is -2.33. The van der Waals surface area contributed by atoms with E-state index in [9.17, 15) is 9.59 Å². The molecule has 1 heterocycles. The number of hydrazone groups is 1. The van der Waals surface area contributed by atoms with E-state index in [0.717, 1.165) is 21.2 Å². The van der Waals surface area contributed by atoms with Gasteiger partial charge in [-0.05, 0) is 48.4 Å². The van der Waals surface area contributed by atoms with Crippen molar-refractivity contribution >= 4 is 51.1 Å². The molecule has 1 N–H and O–H groups in total. The minimum Gasteiger partial charge on any atom is -0.481 e. The number of para-hydroxylation sites is 1. The van der Waals surface area contributed by atoms with Crippen molar-refractivity contribution in [1.82, 2.24) is 5.43 Å². The first-order valence-electron chi connectivity index (χ1n) is 12.1. The van der Waals surface area contributed by atoms with Crippen LogP contribution in [0.3, 0.4) is 0 Å². The predicted octanol–water partition coefficient (Wildman–Crippen LogP) is 7.36. The van der Waals surface area contributed by atoms with Gasteiger partial charge in [-0.2, -0.15) is 5.10 Å². The van der Waals surface area contributed by atoms with Crippen molar-refractivity contribution < 1.29 is 19.1 Å². The number of rotatable bonds is 8. The van der Waals surface area contributed by atoms with Gasteiger partial charge in [0.15, 0.2) is 6.10 Å². The summed E-state index contributed by atoms with van der Waals surface area (Å²) in [5, 5.41) is 5.20. The Bertz CT molecular complexity index is 1650. The maximum absolute atomic E-state index is 12.9. The van der Waals surface area contributed by atoms with Crippen LogP contribution in [0.15, 0.2) is 108 Å². The Balaban J connectivity index is 1.20. The van der Waals surface area contributed by atoms with Gasteiger partial charge in [0, 0.05) is 15.6 Å². The van der Waals surface area contributed by atoms with Crippen molar-refractivity contribution in [2.24, 2.45) is 5.10 Å². The van der Waals surface area contributed by atoms with Crippen LogP contribution in [0, 0.1) is 0 Å². The van der Waals surface area contributed by atoms with Crippen molar-refractivity contribution in [2.45, 2.75) is 13.0 Å². The van der Waals surface area contributed by atoms with Crippen LogP contribution < -0.4 is 14.9 Å². The highest BCUT2D eigenvalue weighted by Gasteiger charge is 2.20. The van der Waals surface area contributed by atoms with Gasteiger partial charge >= 0.3 is 5.97 Å². The van der Waals surface area contributed by atoms with Gasteiger partial charge in [-0.3, -0.25) is 4.79 Å². The second-order valence-electron chi connectivity index (χ2n) is 8.55. The number of carbonyl (C=O) groups excluding carboxylic acids is 2. The maximum atomic E-state index is 12.9. The van der Waals surface area contributed by atoms with Crippen LogP contribution in [-0.2, 0) is 4.79 Å². The van der Waals surface area contributed by atoms with Gasteiger partial charge in [0.25, 0.3) is 5.91 Å². The predicted molar refractivity (Wildman–Crippen MR) is 156 cm³/mol. The molecular weight excluding hydrogens is 532 g/mol. The van der Waals surface area contributed by atoms with E-state index in [0.29, 0.717) is 21.2 Å². The molecule has 1 amide bonds. The molecule has 0 unspecified atom stereocenters. The lowest BCUT2D eigenvalue weighted by Gasteiger charge is -2.13. The summed E-state index contributed by atoms with van der Waals surface area (Å²) in [4.78, 5) is 25.7. The quantitative estimate of drug-likeness (QED) is 0.0940. The molecular formula is C31H23ClN2O4S. The molecule has 5 rings (SSSR count). The third kappa shape index (κ3) is 6.17. The van der Waals surface area contributed by atoms with Crippen LogP contribution in [0.2, 0.25) is 5.02 Å². The van der Waals surface area contributed by atoms with Gasteiger partial charge in [-0.25, -0.2) is 10.2 Å². The van der Waals surface area contributed by atoms with E-state index in [1.54, 1.807) is 31.2 Å². The van der Waals surface area contributed by atoms with Crippen molar-refractivity contribution in [3.8, 4) is 22.6 Å². The number of fused-ring (bicyclic) bond motifs is 1. The molecule has 0 bridgehead atoms. The highest BCUT2D eigenvalue weighted by Crippen LogP contribution is 2.36. The number of amides is 1. The molecule has 194 valence electrons. The molecule has 0 aliphatic carbocycles. The third-order valence-electron chi connectivity index (χ3n) is 5.86. The van der Waals surface area contributed by atoms with Crippen molar-refractivity contribution in [1.29, 1.82) is 0 Å². The number of halogens is 1. The number of thiophene rings is 1. The zero-order chi connectivity index (χ0) is 27.2. The van der Waals surface area contributed by atoms with E-state index in [-0.39, 0.29) is 5.75 Å². The van der Waals surface area contributed by atoms with E-state index < -0.39 is 18.0 Å². The third-order valence-corrected chi connectivity index (χ3v) is 7.52. The highest BCUT2D eigenvalue weighted by molar-refractivity contribution is 7.21. The molecule has 0 fully saturated rings. The standard InChI is InChI=1S/C31H23ClN2O4S/c1-20(37-24-17-15-22(16-18-24)21-9-3-2-4-10-21)30(35)34-33-19-23-11-5-7-13-26(23)38-31(36)29-28(32)25-12-6-8-14-27(25)39-29/h2-20H,1H3,(H,34,35)/b33-19-/t20-/m0/s1. The molecule has 0 radical (unpaired) electrons. The number of ether oxygens (including phenoxy) is 2. The monoisotopic (exact) mass is 554 g/mol. The van der Waals surface area contributed by atoms with E-state index in [4.69, 9.17) is 21.1 Å². The van der Waals surface area contributed by atoms with Crippen molar-refractivity contribution in [3.63, 3.8) is 0 Å². The molecule has 0 saturated heterocycles. The summed E-state index contributed by atoms with van der Waals surface area (Å²) in [6, 6.07) is 31.9. The Morgan fingerprint density at radius 1 is 0.872 bits per heavy atom. The topological polar surface area (TPSA) is 77.0 Å². The molecule has 1 aromatic heterocycles. The number of hydrogen-bond acceptors (Lipinski definition) is 6. The van der Waals surface area contributed by atoms with E-state index in [1.165, 1.54) is 17.6 Å². The summed E-state index contributed by atoms with van der Waals surface area (Å²) in [7, 11) is 0. The molecule has 6 nitrogen and oxygen atoms in total. The van der Waals surface area contributed by atoms with Gasteiger partial charge in [0.05, 0.1) is 11.2 Å². The molecule has 0 aliphatic rings. The Morgan fingerprint density at radius 2 is 1.54 bits per heavy atom. The van der Waals surface area contributed by atoms with Gasteiger partial charge in [-0.1, -0.05) is 84.4 Å². The molecule has 8 heteroatoms. The minimum absolute atomic E-state index is 0.289. The van der Waals surface area contributed by atoms with Crippen molar-refractivity contribution in [3.05, 3.63) is 119 Å². The SMILES string of the molecule is C[C@H](Oc1ccc(-c2ccccc2)cc1)C(=O)N/N=C\c1ccccc1OC(=O)c1sc2ccccc2c1Cl. The summed E-state index contributed by atoms with van der Waals surface area (Å²) < 4.78 is 12.3. The molecule has 0 spiro atoms. The first-order chi connectivity index (χ1) is 19.0. The Kier molecular flexibility index (Phi) is 8.01. The molecule has 39 heavy (non-hydrogen) atoms. The first-order valence-corrected chi connectivity index (χ1v) is 13.3. The van der Waals surface area contributed by atoms with Crippen LogP contribution >= 0.6 is 22.9 Å². The molecule has 0 aliphatic heterocycles. The number of esters is 1. The molecule has 0 saturated carbocycles. The number of nitrogens with zero attached hydrogens (tertiary/aromatic N) is 1. The van der Waals surface area contributed by atoms with Gasteiger partial charge in [0.1, 0.15) is 16.4 Å². The van der Waals surface area contributed by atoms with Crippen LogP contribution in [0.4, 0.5) is 0 Å². The molecule has 4 aromatic carbocycles. The number of carbonyl (C=O) groups is 2. The highest BCUT2D eigenvalue weighted by atomic mass is 35.5. The average Bonchev–Trinajstić information content (AvgIpc) is 3.31. The zero-order valence-corrected chi connectivity index (χ0v) is 22.4. The average molecular weight is 555 g/mol. The lowest BCUT2D eigenvalue weighted by atomic mass is 10.1. The summed E-state index contributed by atoms with van der Waals surface area (Å²) in [5.41, 5.74) is 5.13. The first kappa shape index (κ1) is 26.2. The van der Waals surface area contributed by atoms with Crippen LogP contribution in [0.5, 0.6) is 11.5 Å². The van der Waals surface area contributed by atoms with E-state index in [2.05, 4.69) is 10.5 Å². The van der Waals surface area contributed by atoms with E-state index >= 15 is 0 Å². The maximum Gasteiger partial charge on any atom is 0.355 e. The lowest BCUT2D eigenvalue weighted by molar-refractivity contribution is -0.127. The minimum atomic E-state index is -0.784. The van der Waals surface area contributed by atoms with Gasteiger partial charge in [0.2, 0.25) is 0 Å². The van der Waals surface area contributed by atoms with Crippen LogP contribution in [0.25, 0.3) is 21.2 Å². The second-order valence-corrected chi connectivity index (χ2v) is 9.98. The van der Waals surface area contributed by atoms with Gasteiger partial charge < -0.3 is 9.47 Å². The normalized spacial score (nSPS) is 11.8.